The van der Waals surface area contributed by atoms with E-state index in [2.05, 4.69) is 26.1 Å². The fourth-order valence-corrected chi connectivity index (χ4v) is 1.29. The van der Waals surface area contributed by atoms with Gasteiger partial charge >= 0.3 is 0 Å². The summed E-state index contributed by atoms with van der Waals surface area (Å²) in [5.74, 6) is 0.566. The van der Waals surface area contributed by atoms with E-state index in [1.54, 1.807) is 0 Å². The number of aliphatic hydroxyl groups excluding tert-OH is 1. The van der Waals surface area contributed by atoms with E-state index >= 15 is 0 Å². The van der Waals surface area contributed by atoms with Crippen LogP contribution in [0.25, 0.3) is 0 Å². The fraction of sp³-hybridized carbons (Fsp3) is 1.00. The Morgan fingerprint density at radius 3 is 2.40 bits per heavy atom. The van der Waals surface area contributed by atoms with E-state index in [0.29, 0.717) is 5.92 Å². The normalized spacial score (nSPS) is 39.6. The minimum absolute atomic E-state index is 0.0885. The molecule has 0 aromatic heterocycles. The second kappa shape index (κ2) is 2.51. The number of aliphatic hydroxyl groups is 1. The molecule has 0 aromatic rings. The molecule has 2 heteroatoms. The zero-order valence-electron chi connectivity index (χ0n) is 7.02. The van der Waals surface area contributed by atoms with Gasteiger partial charge in [0.05, 0.1) is 6.10 Å². The number of hydrogen-bond acceptors (Lipinski definition) is 2. The third-order valence-corrected chi connectivity index (χ3v) is 2.92. The standard InChI is InChI=1S/C8H17NO/c1-6-4-9-5-7(10)8(6,2)3/h6-7,9-10H,4-5H2,1-3H3. The summed E-state index contributed by atoms with van der Waals surface area (Å²) in [6.07, 6.45) is -0.184. The molecule has 1 aliphatic rings. The van der Waals surface area contributed by atoms with E-state index in [4.69, 9.17) is 0 Å². The van der Waals surface area contributed by atoms with Crippen molar-refractivity contribution in [3.05, 3.63) is 0 Å². The molecule has 0 spiro atoms. The van der Waals surface area contributed by atoms with E-state index in [1.165, 1.54) is 0 Å². The van der Waals surface area contributed by atoms with Crippen LogP contribution < -0.4 is 5.32 Å². The average molecular weight is 143 g/mol. The predicted molar refractivity (Wildman–Crippen MR) is 41.8 cm³/mol. The van der Waals surface area contributed by atoms with Crippen molar-refractivity contribution in [3.8, 4) is 0 Å². The molecule has 2 atom stereocenters. The number of piperidine rings is 1. The zero-order chi connectivity index (χ0) is 7.78. The van der Waals surface area contributed by atoms with Crippen LogP contribution >= 0.6 is 0 Å². The van der Waals surface area contributed by atoms with Crippen molar-refractivity contribution in [2.75, 3.05) is 13.1 Å². The molecule has 0 aromatic carbocycles. The first kappa shape index (κ1) is 8.02. The van der Waals surface area contributed by atoms with Crippen LogP contribution in [0.4, 0.5) is 0 Å². The van der Waals surface area contributed by atoms with Crippen molar-refractivity contribution < 1.29 is 5.11 Å². The molecule has 0 amide bonds. The Balaban J connectivity index is 2.63. The molecule has 1 rings (SSSR count). The first-order chi connectivity index (χ1) is 4.55. The maximum absolute atomic E-state index is 9.54. The zero-order valence-corrected chi connectivity index (χ0v) is 7.02. The Morgan fingerprint density at radius 2 is 2.00 bits per heavy atom. The molecule has 1 saturated heterocycles. The van der Waals surface area contributed by atoms with Crippen LogP contribution in [-0.2, 0) is 0 Å². The molecule has 10 heavy (non-hydrogen) atoms. The van der Waals surface area contributed by atoms with Crippen molar-refractivity contribution in [3.63, 3.8) is 0 Å². The first-order valence-electron chi connectivity index (χ1n) is 3.94. The molecule has 0 bridgehead atoms. The van der Waals surface area contributed by atoms with Gasteiger partial charge in [0.1, 0.15) is 0 Å². The summed E-state index contributed by atoms with van der Waals surface area (Å²) in [5, 5.41) is 12.7. The Kier molecular flexibility index (Phi) is 2.02. The highest BCUT2D eigenvalue weighted by Gasteiger charge is 2.36. The molecule has 2 unspecified atom stereocenters. The van der Waals surface area contributed by atoms with Crippen LogP contribution in [0.5, 0.6) is 0 Å². The molecule has 1 aliphatic heterocycles. The second-order valence-electron chi connectivity index (χ2n) is 3.90. The Labute approximate surface area is 62.6 Å². The molecule has 1 heterocycles. The molecule has 2 N–H and O–H groups in total. The number of rotatable bonds is 0. The number of hydrogen-bond donors (Lipinski definition) is 2. The van der Waals surface area contributed by atoms with E-state index in [-0.39, 0.29) is 11.5 Å². The van der Waals surface area contributed by atoms with Gasteiger partial charge in [-0.1, -0.05) is 20.8 Å². The van der Waals surface area contributed by atoms with Crippen LogP contribution in [0.2, 0.25) is 0 Å². The molecule has 60 valence electrons. The molecular formula is C8H17NO. The molecule has 1 fully saturated rings. The predicted octanol–water partition coefficient (Wildman–Crippen LogP) is 0.613. The lowest BCUT2D eigenvalue weighted by molar-refractivity contribution is -0.0108. The Bertz CT molecular complexity index is 110. The molecule has 0 radical (unpaired) electrons. The summed E-state index contributed by atoms with van der Waals surface area (Å²) in [5.41, 5.74) is 0.0885. The third kappa shape index (κ3) is 1.18. The van der Waals surface area contributed by atoms with Gasteiger partial charge in [0.25, 0.3) is 0 Å². The lowest BCUT2D eigenvalue weighted by atomic mass is 9.73. The summed E-state index contributed by atoms with van der Waals surface area (Å²) in [4.78, 5) is 0. The monoisotopic (exact) mass is 143 g/mol. The van der Waals surface area contributed by atoms with Crippen LogP contribution in [0, 0.1) is 11.3 Å². The van der Waals surface area contributed by atoms with Gasteiger partial charge in [-0.25, -0.2) is 0 Å². The molecule has 0 aliphatic carbocycles. The van der Waals surface area contributed by atoms with E-state index in [9.17, 15) is 5.11 Å². The Morgan fingerprint density at radius 1 is 1.40 bits per heavy atom. The van der Waals surface area contributed by atoms with Crippen LogP contribution in [0.1, 0.15) is 20.8 Å². The summed E-state index contributed by atoms with van der Waals surface area (Å²) >= 11 is 0. The van der Waals surface area contributed by atoms with Gasteiger partial charge in [0.15, 0.2) is 0 Å². The third-order valence-electron chi connectivity index (χ3n) is 2.92. The van der Waals surface area contributed by atoms with Crippen molar-refractivity contribution in [1.82, 2.24) is 5.32 Å². The van der Waals surface area contributed by atoms with E-state index in [0.717, 1.165) is 13.1 Å². The van der Waals surface area contributed by atoms with Gasteiger partial charge in [-0.3, -0.25) is 0 Å². The van der Waals surface area contributed by atoms with Crippen molar-refractivity contribution in [1.29, 1.82) is 0 Å². The average Bonchev–Trinajstić information content (AvgIpc) is 1.84. The molecule has 0 saturated carbocycles. The highest BCUT2D eigenvalue weighted by atomic mass is 16.3. The van der Waals surface area contributed by atoms with Crippen molar-refractivity contribution >= 4 is 0 Å². The SMILES string of the molecule is CC1CNCC(O)C1(C)C. The van der Waals surface area contributed by atoms with E-state index < -0.39 is 0 Å². The quantitative estimate of drug-likeness (QED) is 0.521. The highest BCUT2D eigenvalue weighted by molar-refractivity contribution is 4.89. The first-order valence-corrected chi connectivity index (χ1v) is 3.94. The second-order valence-corrected chi connectivity index (χ2v) is 3.90. The van der Waals surface area contributed by atoms with Crippen LogP contribution in [0.3, 0.4) is 0 Å². The molecule has 2 nitrogen and oxygen atoms in total. The summed E-state index contributed by atoms with van der Waals surface area (Å²) < 4.78 is 0. The summed E-state index contributed by atoms with van der Waals surface area (Å²) in [6, 6.07) is 0. The molecular weight excluding hydrogens is 126 g/mol. The van der Waals surface area contributed by atoms with Crippen molar-refractivity contribution in [2.45, 2.75) is 26.9 Å². The van der Waals surface area contributed by atoms with Crippen LogP contribution in [0.15, 0.2) is 0 Å². The van der Waals surface area contributed by atoms with Gasteiger partial charge < -0.3 is 10.4 Å². The maximum Gasteiger partial charge on any atom is 0.0718 e. The van der Waals surface area contributed by atoms with Crippen LogP contribution in [-0.4, -0.2) is 24.3 Å². The largest absolute Gasteiger partial charge is 0.391 e. The smallest absolute Gasteiger partial charge is 0.0718 e. The fourth-order valence-electron chi connectivity index (χ4n) is 1.29. The minimum Gasteiger partial charge on any atom is -0.391 e. The van der Waals surface area contributed by atoms with Gasteiger partial charge in [-0.2, -0.15) is 0 Å². The number of β-amino-alcohol motifs (C(OH)–C–C–N with tert-alkyl or cyclic N) is 1. The van der Waals surface area contributed by atoms with Gasteiger partial charge in [0.2, 0.25) is 0 Å². The van der Waals surface area contributed by atoms with Gasteiger partial charge in [-0.15, -0.1) is 0 Å². The van der Waals surface area contributed by atoms with E-state index in [1.807, 2.05) is 0 Å². The van der Waals surface area contributed by atoms with Crippen molar-refractivity contribution in [2.24, 2.45) is 11.3 Å². The summed E-state index contributed by atoms with van der Waals surface area (Å²) in [7, 11) is 0. The highest BCUT2D eigenvalue weighted by Crippen LogP contribution is 2.32. The lowest BCUT2D eigenvalue weighted by Crippen LogP contribution is -2.51. The Hall–Kier alpha value is -0.0800. The topological polar surface area (TPSA) is 32.3 Å². The summed E-state index contributed by atoms with van der Waals surface area (Å²) in [6.45, 7) is 8.21. The van der Waals surface area contributed by atoms with Gasteiger partial charge in [-0.05, 0) is 17.9 Å². The number of nitrogens with one attached hydrogen (secondary N) is 1. The van der Waals surface area contributed by atoms with Gasteiger partial charge in [0, 0.05) is 6.54 Å². The lowest BCUT2D eigenvalue weighted by Gasteiger charge is -2.41. The maximum atomic E-state index is 9.54. The minimum atomic E-state index is -0.184.